The molecular formula is C27H27FN4O5. The van der Waals surface area contributed by atoms with Crippen molar-refractivity contribution >= 4 is 16.8 Å². The lowest BCUT2D eigenvalue weighted by atomic mass is 9.92. The quantitative estimate of drug-likeness (QED) is 0.376. The van der Waals surface area contributed by atoms with Crippen LogP contribution in [0, 0.1) is 17.7 Å². The minimum Gasteiger partial charge on any atom is -0.488 e. The number of nitrogens with zero attached hydrogens (tertiary/aromatic N) is 3. The number of carbonyl (C=O) groups excluding carboxylic acids is 1. The molecular weight excluding hydrogens is 479 g/mol. The fraction of sp³-hybridized carbons (Fsp3) is 0.370. The van der Waals surface area contributed by atoms with Gasteiger partial charge in [-0.1, -0.05) is 17.3 Å². The van der Waals surface area contributed by atoms with Crippen molar-refractivity contribution in [2.75, 3.05) is 46.6 Å². The summed E-state index contributed by atoms with van der Waals surface area (Å²) in [5.74, 6) is 1.02. The molecule has 4 heterocycles. The van der Waals surface area contributed by atoms with Crippen LogP contribution in [-0.4, -0.2) is 72.8 Å². The van der Waals surface area contributed by atoms with Crippen LogP contribution in [0.2, 0.25) is 0 Å². The molecule has 6 rings (SSSR count). The third kappa shape index (κ3) is 4.58. The lowest BCUT2D eigenvalue weighted by molar-refractivity contribution is 0.0370. The number of methoxy groups -OCH3 is 1. The van der Waals surface area contributed by atoms with Gasteiger partial charge in [-0.2, -0.15) is 5.10 Å². The molecule has 1 amide bonds. The zero-order chi connectivity index (χ0) is 25.4. The first-order valence-electron chi connectivity index (χ1n) is 12.3. The molecule has 9 nitrogen and oxygen atoms in total. The zero-order valence-electron chi connectivity index (χ0n) is 20.4. The second kappa shape index (κ2) is 9.95. The largest absolute Gasteiger partial charge is 0.488 e. The minimum absolute atomic E-state index is 0.0392. The summed E-state index contributed by atoms with van der Waals surface area (Å²) < 4.78 is 36.1. The van der Waals surface area contributed by atoms with E-state index in [9.17, 15) is 9.18 Å². The Kier molecular flexibility index (Phi) is 6.35. The fourth-order valence-electron chi connectivity index (χ4n) is 5.13. The number of halogens is 1. The molecule has 4 aromatic rings. The van der Waals surface area contributed by atoms with Gasteiger partial charge in [0.15, 0.2) is 17.3 Å². The van der Waals surface area contributed by atoms with E-state index in [1.165, 1.54) is 6.07 Å². The van der Waals surface area contributed by atoms with Crippen molar-refractivity contribution in [3.05, 3.63) is 53.8 Å². The maximum absolute atomic E-state index is 14.6. The summed E-state index contributed by atoms with van der Waals surface area (Å²) >= 11 is 0. The van der Waals surface area contributed by atoms with E-state index in [1.807, 2.05) is 29.2 Å². The van der Waals surface area contributed by atoms with Gasteiger partial charge in [0.2, 0.25) is 0 Å². The van der Waals surface area contributed by atoms with Crippen LogP contribution in [0.15, 0.2) is 47.0 Å². The molecule has 192 valence electrons. The molecule has 0 spiro atoms. The number of hydrogen-bond acceptors (Lipinski definition) is 7. The van der Waals surface area contributed by atoms with Crippen LogP contribution < -0.4 is 4.74 Å². The van der Waals surface area contributed by atoms with E-state index in [4.69, 9.17) is 18.7 Å². The Morgan fingerprint density at radius 3 is 2.81 bits per heavy atom. The molecule has 37 heavy (non-hydrogen) atoms. The van der Waals surface area contributed by atoms with E-state index in [1.54, 1.807) is 19.2 Å². The summed E-state index contributed by atoms with van der Waals surface area (Å²) in [7, 11) is 1.55. The number of ether oxygens (including phenoxy) is 3. The first-order valence-corrected chi connectivity index (χ1v) is 12.3. The van der Waals surface area contributed by atoms with Crippen LogP contribution in [0.4, 0.5) is 4.39 Å². The van der Waals surface area contributed by atoms with Crippen LogP contribution in [0.3, 0.4) is 0 Å². The van der Waals surface area contributed by atoms with E-state index in [-0.39, 0.29) is 18.3 Å². The summed E-state index contributed by atoms with van der Waals surface area (Å²) in [5.41, 5.74) is 3.09. The molecule has 2 aromatic heterocycles. The Morgan fingerprint density at radius 2 is 2.00 bits per heavy atom. The van der Waals surface area contributed by atoms with Gasteiger partial charge in [0.1, 0.15) is 18.0 Å². The highest BCUT2D eigenvalue weighted by molar-refractivity contribution is 5.95. The van der Waals surface area contributed by atoms with Gasteiger partial charge < -0.3 is 23.6 Å². The number of likely N-dealkylation sites (tertiary alicyclic amines) is 1. The number of amides is 1. The highest BCUT2D eigenvalue weighted by Gasteiger charge is 2.37. The van der Waals surface area contributed by atoms with Gasteiger partial charge in [-0.15, -0.1) is 0 Å². The number of hydrogen-bond donors (Lipinski definition) is 1. The Morgan fingerprint density at radius 1 is 1.16 bits per heavy atom. The number of benzene rings is 2. The lowest BCUT2D eigenvalue weighted by Gasteiger charge is -2.23. The molecule has 2 saturated heterocycles. The Balaban J connectivity index is 1.18. The van der Waals surface area contributed by atoms with Crippen LogP contribution >= 0.6 is 0 Å². The molecule has 2 aliphatic rings. The third-order valence-corrected chi connectivity index (χ3v) is 7.16. The van der Waals surface area contributed by atoms with Crippen molar-refractivity contribution in [2.24, 2.45) is 11.8 Å². The number of carbonyl (C=O) groups is 1. The Labute approximate surface area is 212 Å². The maximum Gasteiger partial charge on any atom is 0.253 e. The number of aromatic nitrogens is 3. The molecule has 0 saturated carbocycles. The van der Waals surface area contributed by atoms with E-state index in [0.717, 1.165) is 38.3 Å². The third-order valence-electron chi connectivity index (χ3n) is 7.16. The highest BCUT2D eigenvalue weighted by Crippen LogP contribution is 2.34. The molecule has 2 aromatic carbocycles. The Bertz CT molecular complexity index is 1400. The first kappa shape index (κ1) is 23.6. The standard InChI is InChI=1S/C27H27FN4O5/c1-34-8-9-36-24-12-23-20(10-21(24)28)26(30-29-23)25-11-22(31-37-25)16-2-4-17(5-3-16)27(33)32-13-18-6-7-35-15-19(18)14-32/h2-5,10-12,18-19H,6-9,13-15H2,1H3,(H,29,30)/t18-,19-/m1/s1. The van der Waals surface area contributed by atoms with Crippen LogP contribution in [-0.2, 0) is 9.47 Å². The number of H-pyrrole nitrogens is 1. The normalized spacial score (nSPS) is 19.4. The zero-order valence-corrected chi connectivity index (χ0v) is 20.4. The minimum atomic E-state index is -0.504. The van der Waals surface area contributed by atoms with E-state index < -0.39 is 5.82 Å². The van der Waals surface area contributed by atoms with Gasteiger partial charge in [-0.3, -0.25) is 9.89 Å². The second-order valence-corrected chi connectivity index (χ2v) is 9.49. The summed E-state index contributed by atoms with van der Waals surface area (Å²) in [4.78, 5) is 15.0. The predicted molar refractivity (Wildman–Crippen MR) is 133 cm³/mol. The van der Waals surface area contributed by atoms with Gasteiger partial charge in [0.05, 0.1) is 18.7 Å². The van der Waals surface area contributed by atoms with E-state index >= 15 is 0 Å². The van der Waals surface area contributed by atoms with Crippen LogP contribution in [0.5, 0.6) is 5.75 Å². The first-order chi connectivity index (χ1) is 18.1. The van der Waals surface area contributed by atoms with Crippen molar-refractivity contribution in [3.8, 4) is 28.5 Å². The van der Waals surface area contributed by atoms with Gasteiger partial charge in [-0.25, -0.2) is 4.39 Å². The average Bonchev–Trinajstić information content (AvgIpc) is 3.66. The summed E-state index contributed by atoms with van der Waals surface area (Å²) in [6.07, 6.45) is 1.02. The molecule has 0 aliphatic carbocycles. The van der Waals surface area contributed by atoms with Crippen LogP contribution in [0.1, 0.15) is 16.8 Å². The van der Waals surface area contributed by atoms with Gasteiger partial charge in [0.25, 0.3) is 5.91 Å². The molecule has 10 heteroatoms. The molecule has 2 aliphatic heterocycles. The second-order valence-electron chi connectivity index (χ2n) is 9.49. The van der Waals surface area contributed by atoms with Gasteiger partial charge in [-0.05, 0) is 30.5 Å². The van der Waals surface area contributed by atoms with Crippen molar-refractivity contribution in [1.82, 2.24) is 20.3 Å². The Hall–Kier alpha value is -3.76. The lowest BCUT2D eigenvalue weighted by Crippen LogP contribution is -2.29. The van der Waals surface area contributed by atoms with Gasteiger partial charge >= 0.3 is 0 Å². The SMILES string of the molecule is COCCOc1cc2[nH]nc(-c3cc(-c4ccc(C(=O)N5C[C@H]6CCOC[C@H]6C5)cc4)no3)c2cc1F. The smallest absolute Gasteiger partial charge is 0.253 e. The molecule has 0 bridgehead atoms. The van der Waals surface area contributed by atoms with Gasteiger partial charge in [0, 0.05) is 61.4 Å². The van der Waals surface area contributed by atoms with Crippen molar-refractivity contribution < 1.29 is 27.9 Å². The highest BCUT2D eigenvalue weighted by atomic mass is 19.1. The van der Waals surface area contributed by atoms with E-state index in [0.29, 0.717) is 52.1 Å². The summed E-state index contributed by atoms with van der Waals surface area (Å²) in [5, 5.41) is 11.9. The topological polar surface area (TPSA) is 103 Å². The monoisotopic (exact) mass is 506 g/mol. The van der Waals surface area contributed by atoms with E-state index in [2.05, 4.69) is 15.4 Å². The van der Waals surface area contributed by atoms with Crippen molar-refractivity contribution in [1.29, 1.82) is 0 Å². The number of rotatable bonds is 7. The molecule has 0 unspecified atom stereocenters. The average molecular weight is 507 g/mol. The maximum atomic E-state index is 14.6. The summed E-state index contributed by atoms with van der Waals surface area (Å²) in [6, 6.07) is 12.0. The number of aromatic amines is 1. The summed E-state index contributed by atoms with van der Waals surface area (Å²) in [6.45, 7) is 3.66. The number of nitrogens with one attached hydrogen (secondary N) is 1. The predicted octanol–water partition coefficient (Wildman–Crippen LogP) is 4.16. The van der Waals surface area contributed by atoms with Crippen LogP contribution in [0.25, 0.3) is 33.6 Å². The van der Waals surface area contributed by atoms with Crippen molar-refractivity contribution in [2.45, 2.75) is 6.42 Å². The molecule has 1 N–H and O–H groups in total. The molecule has 0 radical (unpaired) electrons. The number of fused-ring (bicyclic) bond motifs is 2. The fourth-order valence-corrected chi connectivity index (χ4v) is 5.13. The molecule has 2 atom stereocenters. The van der Waals surface area contributed by atoms with Crippen molar-refractivity contribution in [3.63, 3.8) is 0 Å². The molecule has 2 fully saturated rings.